The Hall–Kier alpha value is -2.34. The number of fused-ring (bicyclic) bond motifs is 1. The van der Waals surface area contributed by atoms with Crippen molar-refractivity contribution in [1.29, 1.82) is 0 Å². The smallest absolute Gasteiger partial charge is 0.257 e. The maximum absolute atomic E-state index is 13.7. The van der Waals surface area contributed by atoms with Crippen molar-refractivity contribution in [2.24, 2.45) is 0 Å². The van der Waals surface area contributed by atoms with Gasteiger partial charge in [0, 0.05) is 27.3 Å². The molecule has 4 nitrogen and oxygen atoms in total. The third-order valence-electron chi connectivity index (χ3n) is 3.13. The van der Waals surface area contributed by atoms with Crippen LogP contribution in [0.15, 0.2) is 47.1 Å². The van der Waals surface area contributed by atoms with Gasteiger partial charge in [-0.2, -0.15) is 0 Å². The van der Waals surface area contributed by atoms with Crippen LogP contribution in [0.5, 0.6) is 0 Å². The van der Waals surface area contributed by atoms with Crippen LogP contribution in [0.1, 0.15) is 10.4 Å². The number of anilines is 2. The normalized spacial score (nSPS) is 10.8. The van der Waals surface area contributed by atoms with Crippen LogP contribution in [-0.2, 0) is 0 Å². The highest BCUT2D eigenvalue weighted by Gasteiger charge is 2.14. The van der Waals surface area contributed by atoms with E-state index < -0.39 is 11.7 Å². The Morgan fingerprint density at radius 1 is 1.24 bits per heavy atom. The summed E-state index contributed by atoms with van der Waals surface area (Å²) in [5.41, 5.74) is 7.62. The Bertz CT molecular complexity index is 844. The number of benzene rings is 2. The van der Waals surface area contributed by atoms with E-state index >= 15 is 0 Å². The molecule has 0 saturated heterocycles. The van der Waals surface area contributed by atoms with Crippen LogP contribution in [0.3, 0.4) is 0 Å². The monoisotopic (exact) mass is 347 g/mol. The lowest BCUT2D eigenvalue weighted by molar-refractivity contribution is 0.102. The zero-order chi connectivity index (χ0) is 15.0. The van der Waals surface area contributed by atoms with Crippen LogP contribution in [0.4, 0.5) is 15.8 Å². The molecule has 0 saturated carbocycles. The lowest BCUT2D eigenvalue weighted by atomic mass is 10.1. The maximum atomic E-state index is 13.7. The fraction of sp³-hybridized carbons (Fsp3) is 0. The number of amides is 1. The summed E-state index contributed by atoms with van der Waals surface area (Å²) in [7, 11) is 0. The van der Waals surface area contributed by atoms with E-state index in [1.165, 1.54) is 12.1 Å². The SMILES string of the molecule is Nc1ccc2[nH]cc(C(=O)Nc3cc(Br)ccc3F)c2c1. The quantitative estimate of drug-likeness (QED) is 0.615. The number of nitrogens with one attached hydrogen (secondary N) is 2. The summed E-state index contributed by atoms with van der Waals surface area (Å²) in [6.45, 7) is 0. The largest absolute Gasteiger partial charge is 0.399 e. The van der Waals surface area contributed by atoms with Gasteiger partial charge >= 0.3 is 0 Å². The molecule has 3 rings (SSSR count). The van der Waals surface area contributed by atoms with Crippen molar-refractivity contribution in [2.75, 3.05) is 11.1 Å². The van der Waals surface area contributed by atoms with E-state index in [2.05, 4.69) is 26.2 Å². The van der Waals surface area contributed by atoms with Crippen molar-refractivity contribution in [3.63, 3.8) is 0 Å². The highest BCUT2D eigenvalue weighted by molar-refractivity contribution is 9.10. The van der Waals surface area contributed by atoms with Gasteiger partial charge in [0.2, 0.25) is 0 Å². The molecule has 0 radical (unpaired) electrons. The molecule has 3 aromatic rings. The molecule has 0 aliphatic rings. The fourth-order valence-electron chi connectivity index (χ4n) is 2.11. The van der Waals surface area contributed by atoms with E-state index in [4.69, 9.17) is 5.73 Å². The number of nitrogen functional groups attached to an aromatic ring is 1. The van der Waals surface area contributed by atoms with Crippen molar-refractivity contribution in [1.82, 2.24) is 4.98 Å². The second-order valence-corrected chi connectivity index (χ2v) is 5.50. The standard InChI is InChI=1S/C15H11BrFN3O/c16-8-1-3-12(17)14(5-8)20-15(21)11-7-19-13-4-2-9(18)6-10(11)13/h1-7,19H,18H2,(H,20,21). The molecule has 0 fully saturated rings. The van der Waals surface area contributed by atoms with Gasteiger partial charge in [0.05, 0.1) is 11.3 Å². The molecule has 106 valence electrons. The van der Waals surface area contributed by atoms with E-state index in [0.29, 0.717) is 21.1 Å². The van der Waals surface area contributed by atoms with Crippen molar-refractivity contribution in [2.45, 2.75) is 0 Å². The van der Waals surface area contributed by atoms with Gasteiger partial charge in [0.15, 0.2) is 0 Å². The Kier molecular flexibility index (Phi) is 3.39. The molecule has 0 aliphatic heterocycles. The molecule has 0 spiro atoms. The van der Waals surface area contributed by atoms with Crippen LogP contribution in [0.2, 0.25) is 0 Å². The third kappa shape index (κ3) is 2.62. The number of halogens is 2. The number of rotatable bonds is 2. The van der Waals surface area contributed by atoms with Gasteiger partial charge in [0.25, 0.3) is 5.91 Å². The third-order valence-corrected chi connectivity index (χ3v) is 3.62. The highest BCUT2D eigenvalue weighted by Crippen LogP contribution is 2.24. The van der Waals surface area contributed by atoms with Crippen molar-refractivity contribution in [3.05, 3.63) is 58.4 Å². The second kappa shape index (κ2) is 5.21. The van der Waals surface area contributed by atoms with Crippen molar-refractivity contribution < 1.29 is 9.18 Å². The Morgan fingerprint density at radius 3 is 2.86 bits per heavy atom. The number of H-pyrrole nitrogens is 1. The predicted molar refractivity (Wildman–Crippen MR) is 84.8 cm³/mol. The summed E-state index contributed by atoms with van der Waals surface area (Å²) in [5.74, 6) is -0.894. The van der Waals surface area contributed by atoms with E-state index in [-0.39, 0.29) is 5.69 Å². The van der Waals surface area contributed by atoms with E-state index in [1.54, 1.807) is 30.5 Å². The average Bonchev–Trinajstić information content (AvgIpc) is 2.85. The van der Waals surface area contributed by atoms with E-state index in [0.717, 1.165) is 5.52 Å². The molecule has 1 heterocycles. The molecule has 4 N–H and O–H groups in total. The lowest BCUT2D eigenvalue weighted by Crippen LogP contribution is -2.12. The minimum Gasteiger partial charge on any atom is -0.399 e. The number of carbonyl (C=O) groups is 1. The van der Waals surface area contributed by atoms with Gasteiger partial charge in [-0.25, -0.2) is 4.39 Å². The molecule has 1 amide bonds. The predicted octanol–water partition coefficient (Wildman–Crippen LogP) is 3.90. The molecular formula is C15H11BrFN3O. The Labute approximate surface area is 128 Å². The highest BCUT2D eigenvalue weighted by atomic mass is 79.9. The van der Waals surface area contributed by atoms with Crippen LogP contribution in [-0.4, -0.2) is 10.9 Å². The van der Waals surface area contributed by atoms with E-state index in [9.17, 15) is 9.18 Å². The zero-order valence-electron chi connectivity index (χ0n) is 10.8. The first kappa shape index (κ1) is 13.6. The molecule has 6 heteroatoms. The summed E-state index contributed by atoms with van der Waals surface area (Å²) in [6, 6.07) is 9.61. The van der Waals surface area contributed by atoms with Gasteiger partial charge in [-0.15, -0.1) is 0 Å². The summed E-state index contributed by atoms with van der Waals surface area (Å²) < 4.78 is 14.4. The molecule has 1 aromatic heterocycles. The molecule has 0 bridgehead atoms. The van der Waals surface area contributed by atoms with Crippen molar-refractivity contribution in [3.8, 4) is 0 Å². The van der Waals surface area contributed by atoms with Crippen LogP contribution in [0.25, 0.3) is 10.9 Å². The van der Waals surface area contributed by atoms with Gasteiger partial charge in [-0.3, -0.25) is 4.79 Å². The Balaban J connectivity index is 1.97. The number of nitrogens with two attached hydrogens (primary N) is 1. The number of hydrogen-bond acceptors (Lipinski definition) is 2. The molecule has 0 atom stereocenters. The number of carbonyl (C=O) groups excluding carboxylic acids is 1. The first-order valence-corrected chi connectivity index (χ1v) is 6.97. The summed E-state index contributed by atoms with van der Waals surface area (Å²) in [6.07, 6.45) is 1.58. The topological polar surface area (TPSA) is 70.9 Å². The summed E-state index contributed by atoms with van der Waals surface area (Å²) >= 11 is 3.24. The Morgan fingerprint density at radius 2 is 2.05 bits per heavy atom. The summed E-state index contributed by atoms with van der Waals surface area (Å²) in [4.78, 5) is 15.3. The molecule has 2 aromatic carbocycles. The fourth-order valence-corrected chi connectivity index (χ4v) is 2.47. The number of aromatic nitrogens is 1. The summed E-state index contributed by atoms with van der Waals surface area (Å²) in [5, 5.41) is 3.26. The van der Waals surface area contributed by atoms with Crippen LogP contribution in [0, 0.1) is 5.82 Å². The van der Waals surface area contributed by atoms with Gasteiger partial charge in [-0.05, 0) is 36.4 Å². The maximum Gasteiger partial charge on any atom is 0.257 e. The van der Waals surface area contributed by atoms with Gasteiger partial charge < -0.3 is 16.0 Å². The second-order valence-electron chi connectivity index (χ2n) is 4.59. The number of aromatic amines is 1. The first-order chi connectivity index (χ1) is 10.0. The molecule has 0 unspecified atom stereocenters. The minimum atomic E-state index is -0.495. The number of hydrogen-bond donors (Lipinski definition) is 3. The minimum absolute atomic E-state index is 0.118. The molecule has 0 aliphatic carbocycles. The van der Waals surface area contributed by atoms with Gasteiger partial charge in [-0.1, -0.05) is 15.9 Å². The molecular weight excluding hydrogens is 337 g/mol. The van der Waals surface area contributed by atoms with Crippen molar-refractivity contribution >= 4 is 44.1 Å². The van der Waals surface area contributed by atoms with Gasteiger partial charge in [0.1, 0.15) is 5.82 Å². The van der Waals surface area contributed by atoms with Crippen LogP contribution < -0.4 is 11.1 Å². The average molecular weight is 348 g/mol. The molecule has 21 heavy (non-hydrogen) atoms. The van der Waals surface area contributed by atoms with Crippen LogP contribution >= 0.6 is 15.9 Å². The van der Waals surface area contributed by atoms with E-state index in [1.807, 2.05) is 0 Å². The first-order valence-electron chi connectivity index (χ1n) is 6.17. The lowest BCUT2D eigenvalue weighted by Gasteiger charge is -2.06. The zero-order valence-corrected chi connectivity index (χ0v) is 12.4.